The van der Waals surface area contributed by atoms with Crippen molar-refractivity contribution in [3.05, 3.63) is 0 Å². The fourth-order valence-electron chi connectivity index (χ4n) is 2.29. The highest BCUT2D eigenvalue weighted by molar-refractivity contribution is 7.98. The molecule has 0 saturated carbocycles. The Labute approximate surface area is 112 Å². The first-order chi connectivity index (χ1) is 8.44. The number of imide groups is 2. The van der Waals surface area contributed by atoms with E-state index >= 15 is 0 Å². The van der Waals surface area contributed by atoms with E-state index in [0.717, 1.165) is 0 Å². The second-order valence-corrected chi connectivity index (χ2v) is 5.44. The largest absolute Gasteiger partial charge is 0.331 e. The van der Waals surface area contributed by atoms with Crippen LogP contribution in [0.5, 0.6) is 0 Å². The van der Waals surface area contributed by atoms with Gasteiger partial charge in [0.25, 0.3) is 0 Å². The van der Waals surface area contributed by atoms with Crippen LogP contribution in [0.4, 0.5) is 4.79 Å². The molecule has 102 valence electrons. The summed E-state index contributed by atoms with van der Waals surface area (Å²) in [5, 5.41) is 2.31. The van der Waals surface area contributed by atoms with Crippen LogP contribution in [-0.4, -0.2) is 40.8 Å². The van der Waals surface area contributed by atoms with Gasteiger partial charge in [-0.25, -0.2) is 4.79 Å². The molecule has 1 saturated heterocycles. The number of nitrogens with one attached hydrogen (secondary N) is 1. The third-order valence-electron chi connectivity index (χ3n) is 3.56. The van der Waals surface area contributed by atoms with Crippen molar-refractivity contribution in [1.29, 1.82) is 0 Å². The summed E-state index contributed by atoms with van der Waals surface area (Å²) in [5.41, 5.74) is -1.08. The molecule has 1 atom stereocenters. The molecular formula is C12H20N2O3S. The van der Waals surface area contributed by atoms with Crippen molar-refractivity contribution in [2.75, 3.05) is 12.0 Å². The van der Waals surface area contributed by atoms with Gasteiger partial charge < -0.3 is 0 Å². The van der Waals surface area contributed by atoms with Crippen LogP contribution in [0.25, 0.3) is 0 Å². The van der Waals surface area contributed by atoms with Gasteiger partial charge in [0.15, 0.2) is 0 Å². The Morgan fingerprint density at radius 1 is 1.28 bits per heavy atom. The zero-order chi connectivity index (χ0) is 13.9. The summed E-state index contributed by atoms with van der Waals surface area (Å²) in [7, 11) is 0. The van der Waals surface area contributed by atoms with Crippen molar-refractivity contribution in [3.8, 4) is 0 Å². The average molecular weight is 272 g/mol. The van der Waals surface area contributed by atoms with E-state index in [1.165, 1.54) is 4.90 Å². The second kappa shape index (κ2) is 5.73. The van der Waals surface area contributed by atoms with E-state index < -0.39 is 17.4 Å². The number of thioether (sulfide) groups is 1. The maximum Gasteiger partial charge on any atom is 0.331 e. The maximum absolute atomic E-state index is 12.5. The predicted molar refractivity (Wildman–Crippen MR) is 71.2 cm³/mol. The molecule has 0 radical (unpaired) electrons. The third-order valence-corrected chi connectivity index (χ3v) is 4.37. The van der Waals surface area contributed by atoms with Gasteiger partial charge in [-0.3, -0.25) is 19.8 Å². The molecule has 5 nitrogen and oxygen atoms in total. The van der Waals surface area contributed by atoms with Crippen LogP contribution in [-0.2, 0) is 9.59 Å². The van der Waals surface area contributed by atoms with Crippen molar-refractivity contribution >= 4 is 29.6 Å². The van der Waals surface area contributed by atoms with E-state index in [4.69, 9.17) is 0 Å². The Kier molecular flexibility index (Phi) is 4.78. The van der Waals surface area contributed by atoms with Gasteiger partial charge in [0, 0.05) is 11.8 Å². The first kappa shape index (κ1) is 15.0. The van der Waals surface area contributed by atoms with Gasteiger partial charge in [0.2, 0.25) is 11.8 Å². The van der Waals surface area contributed by atoms with Gasteiger partial charge in [-0.1, -0.05) is 13.8 Å². The molecular weight excluding hydrogens is 252 g/mol. The number of urea groups is 1. The van der Waals surface area contributed by atoms with Crippen molar-refractivity contribution in [1.82, 2.24) is 10.2 Å². The van der Waals surface area contributed by atoms with Crippen LogP contribution in [0.15, 0.2) is 0 Å². The van der Waals surface area contributed by atoms with Gasteiger partial charge >= 0.3 is 6.03 Å². The van der Waals surface area contributed by atoms with Crippen LogP contribution >= 0.6 is 11.8 Å². The van der Waals surface area contributed by atoms with Crippen LogP contribution in [0.2, 0.25) is 0 Å². The molecule has 1 unspecified atom stereocenters. The number of carbonyl (C=O) groups is 3. The molecule has 1 heterocycles. The smallest absolute Gasteiger partial charge is 0.277 e. The Balaban J connectivity index is 3.10. The highest BCUT2D eigenvalue weighted by atomic mass is 32.2. The molecule has 4 amide bonds. The minimum atomic E-state index is -1.08. The topological polar surface area (TPSA) is 66.5 Å². The molecule has 1 aliphatic heterocycles. The minimum Gasteiger partial charge on any atom is -0.277 e. The van der Waals surface area contributed by atoms with Crippen LogP contribution < -0.4 is 5.32 Å². The second-order valence-electron chi connectivity index (χ2n) is 4.53. The fraction of sp³-hybridized carbons (Fsp3) is 0.750. The maximum atomic E-state index is 12.5. The molecule has 1 rings (SSSR count). The highest BCUT2D eigenvalue weighted by Crippen LogP contribution is 2.33. The van der Waals surface area contributed by atoms with Crippen molar-refractivity contribution in [3.63, 3.8) is 0 Å². The molecule has 6 heteroatoms. The Hall–Kier alpha value is -1.04. The predicted octanol–water partition coefficient (Wildman–Crippen LogP) is 1.62. The zero-order valence-electron chi connectivity index (χ0n) is 11.3. The number of carbonyl (C=O) groups excluding carboxylic acids is 3. The van der Waals surface area contributed by atoms with Gasteiger partial charge in [-0.15, -0.1) is 0 Å². The zero-order valence-corrected chi connectivity index (χ0v) is 12.1. The van der Waals surface area contributed by atoms with E-state index in [1.54, 1.807) is 25.6 Å². The van der Waals surface area contributed by atoms with E-state index in [-0.39, 0.29) is 11.9 Å². The Morgan fingerprint density at radius 3 is 2.28 bits per heavy atom. The van der Waals surface area contributed by atoms with Gasteiger partial charge in [-0.05, 0) is 26.0 Å². The summed E-state index contributed by atoms with van der Waals surface area (Å²) in [4.78, 5) is 37.4. The lowest BCUT2D eigenvalue weighted by Crippen LogP contribution is -2.65. The van der Waals surface area contributed by atoms with Gasteiger partial charge in [0.05, 0.1) is 0 Å². The first-order valence-corrected chi connectivity index (χ1v) is 7.52. The summed E-state index contributed by atoms with van der Waals surface area (Å²) >= 11 is 1.56. The quantitative estimate of drug-likeness (QED) is 0.772. The highest BCUT2D eigenvalue weighted by Gasteiger charge is 2.52. The lowest BCUT2D eigenvalue weighted by molar-refractivity contribution is -0.153. The van der Waals surface area contributed by atoms with Gasteiger partial charge in [0.1, 0.15) is 5.41 Å². The number of hydrogen-bond acceptors (Lipinski definition) is 4. The number of hydrogen-bond donors (Lipinski definition) is 1. The number of amides is 4. The summed E-state index contributed by atoms with van der Waals surface area (Å²) in [6, 6.07) is -0.804. The summed E-state index contributed by atoms with van der Waals surface area (Å²) < 4.78 is 0. The van der Waals surface area contributed by atoms with Crippen molar-refractivity contribution < 1.29 is 14.4 Å². The van der Waals surface area contributed by atoms with Gasteiger partial charge in [-0.2, -0.15) is 11.8 Å². The molecule has 0 aliphatic carbocycles. The van der Waals surface area contributed by atoms with Crippen LogP contribution in [0.1, 0.15) is 33.6 Å². The molecule has 1 aliphatic rings. The number of rotatable bonds is 5. The normalized spacial score (nSPS) is 20.9. The third kappa shape index (κ3) is 2.25. The van der Waals surface area contributed by atoms with Crippen LogP contribution in [0, 0.1) is 5.41 Å². The average Bonchev–Trinajstić information content (AvgIpc) is 2.30. The number of nitrogens with zero attached hydrogens (tertiary/aromatic N) is 1. The first-order valence-electron chi connectivity index (χ1n) is 6.12. The van der Waals surface area contributed by atoms with E-state index in [0.29, 0.717) is 18.6 Å². The van der Waals surface area contributed by atoms with E-state index in [9.17, 15) is 14.4 Å². The lowest BCUT2D eigenvalue weighted by atomic mass is 9.78. The van der Waals surface area contributed by atoms with Crippen molar-refractivity contribution in [2.24, 2.45) is 5.41 Å². The fourth-order valence-corrected chi connectivity index (χ4v) is 2.92. The minimum absolute atomic E-state index is 0.210. The summed E-state index contributed by atoms with van der Waals surface area (Å²) in [5.74, 6) is -0.158. The molecule has 1 N–H and O–H groups in total. The molecule has 1 fully saturated rings. The number of barbiturate groups is 1. The van der Waals surface area contributed by atoms with E-state index in [2.05, 4.69) is 5.32 Å². The molecule has 0 aromatic carbocycles. The molecule has 0 spiro atoms. The Morgan fingerprint density at radius 2 is 1.83 bits per heavy atom. The molecule has 0 bridgehead atoms. The lowest BCUT2D eigenvalue weighted by Gasteiger charge is -2.40. The monoisotopic (exact) mass is 272 g/mol. The van der Waals surface area contributed by atoms with E-state index in [1.807, 2.05) is 13.2 Å². The molecule has 18 heavy (non-hydrogen) atoms. The molecule has 0 aromatic rings. The van der Waals surface area contributed by atoms with Crippen molar-refractivity contribution in [2.45, 2.75) is 39.7 Å². The summed E-state index contributed by atoms with van der Waals surface area (Å²) in [6.45, 7) is 5.42. The summed E-state index contributed by atoms with van der Waals surface area (Å²) in [6.07, 6.45) is 2.73. The van der Waals surface area contributed by atoms with Crippen LogP contribution in [0.3, 0.4) is 0 Å². The SMILES string of the molecule is CCC1(CC)C(=O)NC(=O)N(C(C)CSC)C1=O. The standard InChI is InChI=1S/C12H20N2O3S/c1-5-12(6-2)9(15)13-11(17)14(10(12)16)8(3)7-18-4/h8H,5-7H2,1-4H3,(H,13,15,17). The molecule has 0 aromatic heterocycles. The Bertz CT molecular complexity index is 366.